The standard InChI is InChI=1S/C16H16Cl2OSi/c1-11(2)19-20(17,18)16-14-9-5-3-7-12(14)13-8-4-6-10-15(13)16/h3-11,16H,1-2H3. The summed E-state index contributed by atoms with van der Waals surface area (Å²) in [6.45, 7) is 1.05. The summed E-state index contributed by atoms with van der Waals surface area (Å²) in [6, 6.07) is 16.6. The Morgan fingerprint density at radius 1 is 0.900 bits per heavy atom. The van der Waals surface area contributed by atoms with Crippen molar-refractivity contribution in [3.05, 3.63) is 59.7 Å². The topological polar surface area (TPSA) is 9.23 Å². The fraction of sp³-hybridized carbons (Fsp3) is 0.250. The molecule has 1 aliphatic carbocycles. The van der Waals surface area contributed by atoms with Crippen LogP contribution in [0.4, 0.5) is 0 Å². The zero-order valence-electron chi connectivity index (χ0n) is 11.4. The lowest BCUT2D eigenvalue weighted by Gasteiger charge is -2.27. The molecule has 0 bridgehead atoms. The predicted octanol–water partition coefficient (Wildman–Crippen LogP) is 5.18. The van der Waals surface area contributed by atoms with Gasteiger partial charge in [0, 0.05) is 6.10 Å². The Bertz CT molecular complexity index is 594. The quantitative estimate of drug-likeness (QED) is 0.559. The Kier molecular flexibility index (Phi) is 3.67. The minimum Gasteiger partial charge on any atom is -0.389 e. The lowest BCUT2D eigenvalue weighted by atomic mass is 10.1. The first-order valence-electron chi connectivity index (χ1n) is 6.74. The maximum Gasteiger partial charge on any atom is 0.402 e. The van der Waals surface area contributed by atoms with Gasteiger partial charge in [0.25, 0.3) is 0 Å². The zero-order valence-corrected chi connectivity index (χ0v) is 13.9. The molecule has 0 saturated heterocycles. The number of benzene rings is 2. The van der Waals surface area contributed by atoms with E-state index in [0.717, 1.165) is 0 Å². The highest BCUT2D eigenvalue weighted by molar-refractivity contribution is 7.43. The molecule has 3 rings (SSSR count). The van der Waals surface area contributed by atoms with Gasteiger partial charge in [0.05, 0.1) is 5.54 Å². The first-order valence-corrected chi connectivity index (χ1v) is 10.8. The van der Waals surface area contributed by atoms with Gasteiger partial charge < -0.3 is 4.43 Å². The Balaban J connectivity index is 2.16. The first kappa shape index (κ1) is 14.1. The fourth-order valence-corrected chi connectivity index (χ4v) is 7.37. The molecule has 0 saturated carbocycles. The van der Waals surface area contributed by atoms with Gasteiger partial charge in [0.2, 0.25) is 0 Å². The number of halogens is 2. The van der Waals surface area contributed by atoms with E-state index in [9.17, 15) is 0 Å². The van der Waals surface area contributed by atoms with Crippen LogP contribution < -0.4 is 0 Å². The van der Waals surface area contributed by atoms with Crippen LogP contribution in [-0.2, 0) is 4.43 Å². The number of hydrogen-bond donors (Lipinski definition) is 0. The summed E-state index contributed by atoms with van der Waals surface area (Å²) in [5.41, 5.74) is 4.79. The smallest absolute Gasteiger partial charge is 0.389 e. The van der Waals surface area contributed by atoms with E-state index >= 15 is 0 Å². The van der Waals surface area contributed by atoms with Crippen molar-refractivity contribution in [3.63, 3.8) is 0 Å². The minimum atomic E-state index is -2.89. The van der Waals surface area contributed by atoms with Gasteiger partial charge in [0.1, 0.15) is 0 Å². The SMILES string of the molecule is CC(C)O[Si](Cl)(Cl)C1c2ccccc2-c2ccccc21. The molecule has 0 amide bonds. The van der Waals surface area contributed by atoms with Crippen molar-refractivity contribution in [1.82, 2.24) is 0 Å². The molecule has 0 N–H and O–H groups in total. The average Bonchev–Trinajstić information content (AvgIpc) is 2.72. The summed E-state index contributed by atoms with van der Waals surface area (Å²) in [6.07, 6.45) is 0.0246. The molecule has 0 atom stereocenters. The summed E-state index contributed by atoms with van der Waals surface area (Å²) in [5.74, 6) is 0. The second-order valence-electron chi connectivity index (χ2n) is 5.34. The van der Waals surface area contributed by atoms with Crippen molar-refractivity contribution in [3.8, 4) is 11.1 Å². The third-order valence-electron chi connectivity index (χ3n) is 3.56. The normalized spacial score (nSPS) is 14.4. The van der Waals surface area contributed by atoms with E-state index in [0.29, 0.717) is 0 Å². The van der Waals surface area contributed by atoms with Gasteiger partial charge in [-0.15, -0.1) is 22.2 Å². The number of rotatable bonds is 3. The van der Waals surface area contributed by atoms with E-state index in [-0.39, 0.29) is 11.6 Å². The molecule has 20 heavy (non-hydrogen) atoms. The largest absolute Gasteiger partial charge is 0.402 e. The van der Waals surface area contributed by atoms with Crippen LogP contribution in [0.2, 0.25) is 0 Å². The lowest BCUT2D eigenvalue weighted by Crippen LogP contribution is -2.36. The summed E-state index contributed by atoms with van der Waals surface area (Å²) >= 11 is 13.4. The number of hydrogen-bond acceptors (Lipinski definition) is 1. The van der Waals surface area contributed by atoms with Gasteiger partial charge >= 0.3 is 6.94 Å². The molecular formula is C16H16Cl2OSi. The van der Waals surface area contributed by atoms with E-state index in [4.69, 9.17) is 26.6 Å². The van der Waals surface area contributed by atoms with Crippen molar-refractivity contribution >= 4 is 29.1 Å². The lowest BCUT2D eigenvalue weighted by molar-refractivity contribution is 0.243. The molecule has 0 aliphatic heterocycles. The fourth-order valence-electron chi connectivity index (χ4n) is 2.90. The van der Waals surface area contributed by atoms with Gasteiger partial charge in [0.15, 0.2) is 0 Å². The summed E-state index contributed by atoms with van der Waals surface area (Å²) in [7, 11) is 0. The first-order chi connectivity index (χ1) is 9.50. The van der Waals surface area contributed by atoms with Crippen LogP contribution in [0, 0.1) is 0 Å². The molecule has 0 radical (unpaired) electrons. The van der Waals surface area contributed by atoms with Crippen molar-refractivity contribution < 1.29 is 4.43 Å². The van der Waals surface area contributed by atoms with Gasteiger partial charge in [-0.25, -0.2) is 0 Å². The third kappa shape index (κ3) is 2.31. The van der Waals surface area contributed by atoms with Crippen LogP contribution in [0.25, 0.3) is 11.1 Å². The molecule has 1 nitrogen and oxygen atoms in total. The van der Waals surface area contributed by atoms with Crippen LogP contribution in [0.3, 0.4) is 0 Å². The molecule has 0 heterocycles. The molecule has 0 unspecified atom stereocenters. The van der Waals surface area contributed by atoms with Crippen molar-refractivity contribution in [2.45, 2.75) is 25.5 Å². The van der Waals surface area contributed by atoms with Crippen LogP contribution in [0.15, 0.2) is 48.5 Å². The molecule has 0 fully saturated rings. The van der Waals surface area contributed by atoms with Crippen molar-refractivity contribution in [2.24, 2.45) is 0 Å². The second-order valence-corrected chi connectivity index (χ2v) is 11.2. The molecule has 4 heteroatoms. The Labute approximate surface area is 130 Å². The molecule has 2 aromatic rings. The van der Waals surface area contributed by atoms with Gasteiger partial charge in [-0.05, 0) is 36.1 Å². The van der Waals surface area contributed by atoms with Gasteiger partial charge in [-0.3, -0.25) is 0 Å². The summed E-state index contributed by atoms with van der Waals surface area (Å²) < 4.78 is 5.91. The Hall–Kier alpha value is -0.803. The van der Waals surface area contributed by atoms with E-state index < -0.39 is 6.94 Å². The second kappa shape index (κ2) is 5.19. The monoisotopic (exact) mass is 322 g/mol. The molecule has 2 aromatic carbocycles. The molecule has 0 aromatic heterocycles. The summed E-state index contributed by atoms with van der Waals surface area (Å²) in [5, 5.41) is 0. The maximum absolute atomic E-state index is 6.68. The van der Waals surface area contributed by atoms with Crippen LogP contribution in [0.1, 0.15) is 30.5 Å². The van der Waals surface area contributed by atoms with Crippen LogP contribution in [-0.4, -0.2) is 13.0 Å². The highest BCUT2D eigenvalue weighted by Gasteiger charge is 2.48. The van der Waals surface area contributed by atoms with Crippen molar-refractivity contribution in [2.75, 3.05) is 0 Å². The molecular weight excluding hydrogens is 307 g/mol. The van der Waals surface area contributed by atoms with Crippen molar-refractivity contribution in [1.29, 1.82) is 0 Å². The molecule has 104 valence electrons. The predicted molar refractivity (Wildman–Crippen MR) is 87.4 cm³/mol. The van der Waals surface area contributed by atoms with Gasteiger partial charge in [-0.1, -0.05) is 48.5 Å². The Morgan fingerprint density at radius 3 is 1.80 bits per heavy atom. The molecule has 1 aliphatic rings. The highest BCUT2D eigenvalue weighted by atomic mass is 35.7. The molecule has 0 spiro atoms. The average molecular weight is 323 g/mol. The third-order valence-corrected chi connectivity index (χ3v) is 7.49. The van der Waals surface area contributed by atoms with Crippen LogP contribution >= 0.6 is 22.2 Å². The van der Waals surface area contributed by atoms with Crippen LogP contribution in [0.5, 0.6) is 0 Å². The van der Waals surface area contributed by atoms with E-state index in [1.807, 2.05) is 38.1 Å². The number of fused-ring (bicyclic) bond motifs is 3. The summed E-state index contributed by atoms with van der Waals surface area (Å²) in [4.78, 5) is 0. The van der Waals surface area contributed by atoms with Gasteiger partial charge in [-0.2, -0.15) is 0 Å². The van der Waals surface area contributed by atoms with E-state index in [1.165, 1.54) is 22.3 Å². The zero-order chi connectivity index (χ0) is 14.3. The Morgan fingerprint density at radius 2 is 1.35 bits per heavy atom. The maximum atomic E-state index is 6.68. The van der Waals surface area contributed by atoms with E-state index in [2.05, 4.69) is 24.3 Å². The highest BCUT2D eigenvalue weighted by Crippen LogP contribution is 2.51. The minimum absolute atomic E-state index is 0.0246. The van der Waals surface area contributed by atoms with E-state index in [1.54, 1.807) is 0 Å².